The first kappa shape index (κ1) is 20.8. The summed E-state index contributed by atoms with van der Waals surface area (Å²) in [6.07, 6.45) is -4.80. The normalized spacial score (nSPS) is 15.1. The molecule has 9 nitrogen and oxygen atoms in total. The Bertz CT molecular complexity index is 1030. The molecule has 3 rings (SSSR count). The molecule has 0 fully saturated rings. The average Bonchev–Trinajstić information content (AvgIpc) is 3.22. The van der Waals surface area contributed by atoms with Gasteiger partial charge in [0.15, 0.2) is 5.69 Å². The van der Waals surface area contributed by atoms with Gasteiger partial charge in [0.2, 0.25) is 0 Å². The predicted molar refractivity (Wildman–Crippen MR) is 92.3 cm³/mol. The van der Waals surface area contributed by atoms with Crippen LogP contribution >= 0.6 is 0 Å². The number of hydrogen-bond donors (Lipinski definition) is 0. The summed E-state index contributed by atoms with van der Waals surface area (Å²) in [6.45, 7) is 2.86. The van der Waals surface area contributed by atoms with Crippen LogP contribution < -0.4 is 5.56 Å². The first-order chi connectivity index (χ1) is 13.6. The second kappa shape index (κ2) is 7.50. The molecule has 0 N–H and O–H groups in total. The first-order valence-electron chi connectivity index (χ1n) is 8.78. The van der Waals surface area contributed by atoms with E-state index in [9.17, 15) is 27.6 Å². The van der Waals surface area contributed by atoms with Gasteiger partial charge in [-0.25, -0.2) is 0 Å². The van der Waals surface area contributed by atoms with E-state index in [0.29, 0.717) is 10.6 Å². The van der Waals surface area contributed by atoms with Gasteiger partial charge in [0, 0.05) is 13.2 Å². The quantitative estimate of drug-likeness (QED) is 0.654. The molecule has 0 saturated carbocycles. The van der Waals surface area contributed by atoms with Gasteiger partial charge in [-0.1, -0.05) is 0 Å². The van der Waals surface area contributed by atoms with Crippen molar-refractivity contribution in [2.45, 2.75) is 39.2 Å². The highest BCUT2D eigenvalue weighted by Crippen LogP contribution is 2.30. The average molecular weight is 416 g/mol. The number of halogens is 3. The van der Waals surface area contributed by atoms with E-state index < -0.39 is 41.9 Å². The minimum atomic E-state index is -4.80. The summed E-state index contributed by atoms with van der Waals surface area (Å²) < 4.78 is 50.9. The molecule has 2 aromatic rings. The van der Waals surface area contributed by atoms with Crippen LogP contribution in [0.2, 0.25) is 0 Å². The molecule has 0 radical (unpaired) electrons. The Labute approximate surface area is 162 Å². The second-order valence-electron chi connectivity index (χ2n) is 6.56. The van der Waals surface area contributed by atoms with Crippen molar-refractivity contribution in [3.05, 3.63) is 33.4 Å². The number of ether oxygens (including phenoxy) is 2. The van der Waals surface area contributed by atoms with Crippen molar-refractivity contribution < 1.29 is 32.2 Å². The molecule has 0 saturated heterocycles. The molecular formula is C17H19F3N4O5. The number of methoxy groups -OCH3 is 1. The number of carbonyl (C=O) groups excluding carboxylic acids is 2. The summed E-state index contributed by atoms with van der Waals surface area (Å²) >= 11 is 0. The van der Waals surface area contributed by atoms with E-state index in [1.165, 1.54) is 12.0 Å². The highest BCUT2D eigenvalue weighted by molar-refractivity contribution is 5.97. The Hall–Kier alpha value is -2.89. The van der Waals surface area contributed by atoms with Crippen molar-refractivity contribution in [3.63, 3.8) is 0 Å². The first-order valence-corrected chi connectivity index (χ1v) is 8.78. The van der Waals surface area contributed by atoms with Crippen LogP contribution in [0, 0.1) is 0 Å². The predicted octanol–water partition coefficient (Wildman–Crippen LogP) is 1.07. The Morgan fingerprint density at radius 2 is 2.03 bits per heavy atom. The fourth-order valence-electron chi connectivity index (χ4n) is 3.31. The molecule has 0 aromatic carbocycles. The molecule has 29 heavy (non-hydrogen) atoms. The molecule has 0 spiro atoms. The molecule has 2 aromatic heterocycles. The molecule has 0 unspecified atom stereocenters. The van der Waals surface area contributed by atoms with Crippen LogP contribution in [0.5, 0.6) is 0 Å². The van der Waals surface area contributed by atoms with Crippen LogP contribution in [-0.4, -0.2) is 57.3 Å². The van der Waals surface area contributed by atoms with E-state index in [0.717, 1.165) is 4.57 Å². The van der Waals surface area contributed by atoms with Crippen LogP contribution in [-0.2, 0) is 33.5 Å². The van der Waals surface area contributed by atoms with Gasteiger partial charge in [0.25, 0.3) is 11.5 Å². The lowest BCUT2D eigenvalue weighted by molar-refractivity contribution is -0.144. The smallest absolute Gasteiger partial charge is 0.435 e. The Morgan fingerprint density at radius 3 is 2.62 bits per heavy atom. The molecule has 158 valence electrons. The van der Waals surface area contributed by atoms with Crippen LogP contribution in [0.4, 0.5) is 13.2 Å². The van der Waals surface area contributed by atoms with E-state index in [1.54, 1.807) is 13.8 Å². The van der Waals surface area contributed by atoms with Gasteiger partial charge < -0.3 is 18.9 Å². The lowest BCUT2D eigenvalue weighted by Crippen LogP contribution is -2.37. The number of aromatic nitrogens is 3. The van der Waals surface area contributed by atoms with Crippen LogP contribution in [0.15, 0.2) is 10.9 Å². The summed E-state index contributed by atoms with van der Waals surface area (Å²) in [7, 11) is 1.46. The highest BCUT2D eigenvalue weighted by atomic mass is 19.4. The van der Waals surface area contributed by atoms with Crippen molar-refractivity contribution in [2.24, 2.45) is 0 Å². The molecule has 0 bridgehead atoms. The minimum Gasteiger partial charge on any atom is -0.465 e. The number of carbonyl (C=O) groups is 2. The van der Waals surface area contributed by atoms with Crippen molar-refractivity contribution in [2.75, 3.05) is 20.3 Å². The molecule has 1 aliphatic rings. The van der Waals surface area contributed by atoms with Crippen molar-refractivity contribution >= 4 is 17.5 Å². The third kappa shape index (κ3) is 3.59. The molecule has 1 atom stereocenters. The topological polar surface area (TPSA) is 95.1 Å². The van der Waals surface area contributed by atoms with Gasteiger partial charge in [-0.2, -0.15) is 22.8 Å². The summed E-state index contributed by atoms with van der Waals surface area (Å²) in [5.74, 6) is -1.34. The Kier molecular flexibility index (Phi) is 5.39. The zero-order chi connectivity index (χ0) is 21.5. The van der Waals surface area contributed by atoms with Crippen LogP contribution in [0.1, 0.15) is 35.6 Å². The molecule has 12 heteroatoms. The summed E-state index contributed by atoms with van der Waals surface area (Å²) in [5.41, 5.74) is -2.64. The van der Waals surface area contributed by atoms with Crippen LogP contribution in [0.3, 0.4) is 0 Å². The molecular weight excluding hydrogens is 397 g/mol. The van der Waals surface area contributed by atoms with Gasteiger partial charge in [-0.15, -0.1) is 0 Å². The van der Waals surface area contributed by atoms with Crippen LogP contribution in [0.25, 0.3) is 5.65 Å². The number of hydrogen-bond acceptors (Lipinski definition) is 6. The lowest BCUT2D eigenvalue weighted by Gasteiger charge is -2.23. The van der Waals surface area contributed by atoms with Gasteiger partial charge >= 0.3 is 12.1 Å². The number of amides is 1. The second-order valence-corrected chi connectivity index (χ2v) is 6.56. The van der Waals surface area contributed by atoms with E-state index in [1.807, 2.05) is 0 Å². The summed E-state index contributed by atoms with van der Waals surface area (Å²) in [4.78, 5) is 39.2. The maximum atomic E-state index is 13.1. The Morgan fingerprint density at radius 1 is 1.34 bits per heavy atom. The monoisotopic (exact) mass is 416 g/mol. The third-order valence-electron chi connectivity index (χ3n) is 4.59. The zero-order valence-electron chi connectivity index (χ0n) is 15.9. The number of alkyl halides is 3. The number of nitrogens with zero attached hydrogens (tertiary/aromatic N) is 4. The van der Waals surface area contributed by atoms with Crippen molar-refractivity contribution in [3.8, 4) is 0 Å². The third-order valence-corrected chi connectivity index (χ3v) is 4.59. The maximum Gasteiger partial charge on any atom is 0.435 e. The zero-order valence-corrected chi connectivity index (χ0v) is 15.9. The van der Waals surface area contributed by atoms with E-state index >= 15 is 0 Å². The van der Waals surface area contributed by atoms with Crippen molar-refractivity contribution in [1.82, 2.24) is 19.1 Å². The lowest BCUT2D eigenvalue weighted by atomic mass is 10.2. The van der Waals surface area contributed by atoms with E-state index in [-0.39, 0.29) is 36.7 Å². The molecule has 1 amide bonds. The standard InChI is InChI=1S/C17H19F3N4O5/c1-4-29-13(25)7-23-12-5-11(17(18,19)20)21-24(12)15(26)10-6-22(9(2)8-28-3)16(27)14(10)23/h5,9H,4,6-8H2,1-3H3/t9-/m0/s1. The summed E-state index contributed by atoms with van der Waals surface area (Å²) in [5, 5.41) is 3.36. The SMILES string of the molecule is CCOC(=O)Cn1c2c(c(=O)n3nc(C(F)(F)F)cc13)CN([C@@H](C)COC)C2=O. The minimum absolute atomic E-state index is 0.0356. The highest BCUT2D eigenvalue weighted by Gasteiger charge is 2.40. The fraction of sp³-hybridized carbons (Fsp3) is 0.529. The van der Waals surface area contributed by atoms with Gasteiger partial charge in [-0.3, -0.25) is 14.4 Å². The molecule has 3 heterocycles. The van der Waals surface area contributed by atoms with Crippen molar-refractivity contribution in [1.29, 1.82) is 0 Å². The van der Waals surface area contributed by atoms with Gasteiger partial charge in [0.05, 0.1) is 31.4 Å². The van der Waals surface area contributed by atoms with Gasteiger partial charge in [-0.05, 0) is 13.8 Å². The van der Waals surface area contributed by atoms with E-state index in [2.05, 4.69) is 5.10 Å². The number of rotatable bonds is 6. The summed E-state index contributed by atoms with van der Waals surface area (Å²) in [6, 6.07) is 0.239. The largest absolute Gasteiger partial charge is 0.465 e. The van der Waals surface area contributed by atoms with E-state index in [4.69, 9.17) is 9.47 Å². The maximum absolute atomic E-state index is 13.1. The molecule has 0 aliphatic carbocycles. The van der Waals surface area contributed by atoms with Gasteiger partial charge in [0.1, 0.15) is 17.9 Å². The fourth-order valence-corrected chi connectivity index (χ4v) is 3.31. The Balaban J connectivity index is 2.23. The number of fused-ring (bicyclic) bond motifs is 2. The molecule has 1 aliphatic heterocycles. The number of esters is 1.